The average molecular weight is 413 g/mol. The van der Waals surface area contributed by atoms with E-state index in [-0.39, 0.29) is 11.8 Å². The molecule has 0 aromatic heterocycles. The van der Waals surface area contributed by atoms with Crippen molar-refractivity contribution in [2.45, 2.75) is 56.9 Å². The van der Waals surface area contributed by atoms with E-state index in [4.69, 9.17) is 0 Å². The van der Waals surface area contributed by atoms with Crippen LogP contribution in [0.15, 0.2) is 47.4 Å². The zero-order chi connectivity index (χ0) is 20.4. The van der Waals surface area contributed by atoms with Crippen molar-refractivity contribution in [1.82, 2.24) is 4.31 Å². The van der Waals surface area contributed by atoms with Crippen LogP contribution < -0.4 is 5.32 Å². The maximum absolute atomic E-state index is 13.0. The van der Waals surface area contributed by atoms with Crippen molar-refractivity contribution in [2.24, 2.45) is 5.92 Å². The van der Waals surface area contributed by atoms with Crippen molar-refractivity contribution in [3.8, 4) is 0 Å². The summed E-state index contributed by atoms with van der Waals surface area (Å²) >= 11 is 0. The Labute approximate surface area is 173 Å². The van der Waals surface area contributed by atoms with Crippen molar-refractivity contribution in [3.05, 3.63) is 59.2 Å². The molecule has 5 nitrogen and oxygen atoms in total. The van der Waals surface area contributed by atoms with Crippen LogP contribution in [0.4, 0.5) is 5.69 Å². The SMILES string of the molecule is Cc1ccc(S(=O)(=O)N2CCc3ccc(NC(=O)C4CCCCC4)cc3C2)cc1. The number of hydrogen-bond donors (Lipinski definition) is 1. The monoisotopic (exact) mass is 412 g/mol. The van der Waals surface area contributed by atoms with E-state index in [2.05, 4.69) is 5.32 Å². The van der Waals surface area contributed by atoms with E-state index in [9.17, 15) is 13.2 Å². The molecule has 0 saturated heterocycles. The predicted molar refractivity (Wildman–Crippen MR) is 114 cm³/mol. The van der Waals surface area contributed by atoms with Crippen molar-refractivity contribution >= 4 is 21.6 Å². The summed E-state index contributed by atoms with van der Waals surface area (Å²) in [5.41, 5.74) is 3.91. The average Bonchev–Trinajstić information content (AvgIpc) is 2.74. The van der Waals surface area contributed by atoms with Crippen LogP contribution in [-0.4, -0.2) is 25.2 Å². The van der Waals surface area contributed by atoms with Gasteiger partial charge in [-0.05, 0) is 61.6 Å². The van der Waals surface area contributed by atoms with Gasteiger partial charge >= 0.3 is 0 Å². The van der Waals surface area contributed by atoms with Gasteiger partial charge in [-0.25, -0.2) is 8.42 Å². The van der Waals surface area contributed by atoms with Gasteiger partial charge in [-0.15, -0.1) is 0 Å². The number of sulfonamides is 1. The number of carbonyl (C=O) groups is 1. The predicted octanol–water partition coefficient (Wildman–Crippen LogP) is 4.26. The Morgan fingerprint density at radius 3 is 2.45 bits per heavy atom. The number of hydrogen-bond acceptors (Lipinski definition) is 3. The Hall–Kier alpha value is -2.18. The second kappa shape index (κ2) is 8.28. The van der Waals surface area contributed by atoms with Gasteiger partial charge in [0.15, 0.2) is 0 Å². The molecule has 2 aliphatic rings. The van der Waals surface area contributed by atoms with Gasteiger partial charge in [-0.3, -0.25) is 4.79 Å². The van der Waals surface area contributed by atoms with E-state index in [0.29, 0.717) is 24.4 Å². The molecule has 1 heterocycles. The topological polar surface area (TPSA) is 66.5 Å². The Morgan fingerprint density at radius 2 is 1.72 bits per heavy atom. The van der Waals surface area contributed by atoms with Gasteiger partial charge in [-0.2, -0.15) is 4.31 Å². The highest BCUT2D eigenvalue weighted by Gasteiger charge is 2.28. The number of rotatable bonds is 4. The summed E-state index contributed by atoms with van der Waals surface area (Å²) in [5.74, 6) is 0.183. The minimum absolute atomic E-state index is 0.0876. The maximum Gasteiger partial charge on any atom is 0.243 e. The standard InChI is InChI=1S/C23H28N2O3S/c1-17-7-11-22(12-8-17)29(27,28)25-14-13-18-9-10-21(15-20(18)16-25)24-23(26)19-5-3-2-4-6-19/h7-12,15,19H,2-6,13-14,16H2,1H3,(H,24,26). The number of nitrogens with zero attached hydrogens (tertiary/aromatic N) is 1. The van der Waals surface area contributed by atoms with Crippen LogP contribution >= 0.6 is 0 Å². The van der Waals surface area contributed by atoms with Crippen LogP contribution in [-0.2, 0) is 27.8 Å². The number of amides is 1. The minimum atomic E-state index is -3.53. The number of anilines is 1. The summed E-state index contributed by atoms with van der Waals surface area (Å²) < 4.78 is 27.6. The lowest BCUT2D eigenvalue weighted by molar-refractivity contribution is -0.120. The lowest BCUT2D eigenvalue weighted by atomic mass is 9.88. The van der Waals surface area contributed by atoms with Crippen molar-refractivity contribution < 1.29 is 13.2 Å². The normalized spacial score (nSPS) is 18.2. The molecular weight excluding hydrogens is 384 g/mol. The summed E-state index contributed by atoms with van der Waals surface area (Å²) in [6, 6.07) is 12.9. The number of nitrogens with one attached hydrogen (secondary N) is 1. The van der Waals surface area contributed by atoms with Gasteiger partial charge < -0.3 is 5.32 Å². The lowest BCUT2D eigenvalue weighted by Crippen LogP contribution is -2.36. The van der Waals surface area contributed by atoms with Crippen LogP contribution in [0.5, 0.6) is 0 Å². The molecular formula is C23H28N2O3S. The summed E-state index contributed by atoms with van der Waals surface area (Å²) in [7, 11) is -3.53. The first kappa shape index (κ1) is 20.1. The van der Waals surface area contributed by atoms with Crippen LogP contribution in [0.2, 0.25) is 0 Å². The minimum Gasteiger partial charge on any atom is -0.326 e. The largest absolute Gasteiger partial charge is 0.326 e. The maximum atomic E-state index is 13.0. The van der Waals surface area contributed by atoms with Gasteiger partial charge in [0.2, 0.25) is 15.9 Å². The fourth-order valence-electron chi connectivity index (χ4n) is 4.28. The summed E-state index contributed by atoms with van der Waals surface area (Å²) in [5, 5.41) is 3.05. The van der Waals surface area contributed by atoms with Crippen LogP contribution in [0, 0.1) is 12.8 Å². The van der Waals surface area contributed by atoms with Crippen LogP contribution in [0.3, 0.4) is 0 Å². The summed E-state index contributed by atoms with van der Waals surface area (Å²) in [6.45, 7) is 2.74. The third kappa shape index (κ3) is 4.38. The molecule has 29 heavy (non-hydrogen) atoms. The smallest absolute Gasteiger partial charge is 0.243 e. The Bertz CT molecular complexity index is 993. The third-order valence-corrected chi connectivity index (χ3v) is 7.95. The molecule has 0 unspecified atom stereocenters. The fourth-order valence-corrected chi connectivity index (χ4v) is 5.70. The Kier molecular flexibility index (Phi) is 5.74. The van der Waals surface area contributed by atoms with Crippen LogP contribution in [0.1, 0.15) is 48.8 Å². The molecule has 1 amide bonds. The van der Waals surface area contributed by atoms with Crippen molar-refractivity contribution in [2.75, 3.05) is 11.9 Å². The van der Waals surface area contributed by atoms with Gasteiger partial charge in [-0.1, -0.05) is 43.0 Å². The highest BCUT2D eigenvalue weighted by molar-refractivity contribution is 7.89. The number of aryl methyl sites for hydroxylation is 1. The summed E-state index contributed by atoms with van der Waals surface area (Å²) in [4.78, 5) is 12.9. The molecule has 154 valence electrons. The second-order valence-electron chi connectivity index (χ2n) is 8.21. The van der Waals surface area contributed by atoms with E-state index >= 15 is 0 Å². The molecule has 6 heteroatoms. The first-order valence-electron chi connectivity index (χ1n) is 10.4. The van der Waals surface area contributed by atoms with E-state index in [1.54, 1.807) is 12.1 Å². The molecule has 4 rings (SSSR count). The highest BCUT2D eigenvalue weighted by Crippen LogP contribution is 2.29. The second-order valence-corrected chi connectivity index (χ2v) is 10.1. The number of carbonyl (C=O) groups excluding carboxylic acids is 1. The zero-order valence-corrected chi connectivity index (χ0v) is 17.7. The van der Waals surface area contributed by atoms with Gasteiger partial charge in [0.1, 0.15) is 0 Å². The van der Waals surface area contributed by atoms with E-state index in [1.807, 2.05) is 37.3 Å². The van der Waals surface area contributed by atoms with E-state index < -0.39 is 10.0 Å². The zero-order valence-electron chi connectivity index (χ0n) is 16.9. The number of benzene rings is 2. The van der Waals surface area contributed by atoms with Gasteiger partial charge in [0.05, 0.1) is 4.90 Å². The molecule has 2 aromatic carbocycles. The Morgan fingerprint density at radius 1 is 1.00 bits per heavy atom. The summed E-state index contributed by atoms with van der Waals surface area (Å²) in [6.07, 6.45) is 6.05. The first-order chi connectivity index (χ1) is 13.9. The van der Waals surface area contributed by atoms with Gasteiger partial charge in [0.25, 0.3) is 0 Å². The molecule has 0 bridgehead atoms. The molecule has 0 spiro atoms. The molecule has 1 saturated carbocycles. The fraction of sp³-hybridized carbons (Fsp3) is 0.435. The Balaban J connectivity index is 1.50. The molecule has 0 atom stereocenters. The molecule has 1 aliphatic carbocycles. The van der Waals surface area contributed by atoms with Crippen LogP contribution in [0.25, 0.3) is 0 Å². The van der Waals surface area contributed by atoms with E-state index in [1.165, 1.54) is 10.7 Å². The molecule has 0 radical (unpaired) electrons. The third-order valence-electron chi connectivity index (χ3n) is 6.09. The molecule has 2 aromatic rings. The quantitative estimate of drug-likeness (QED) is 0.816. The molecule has 1 N–H and O–H groups in total. The van der Waals surface area contributed by atoms with Crippen molar-refractivity contribution in [1.29, 1.82) is 0 Å². The van der Waals surface area contributed by atoms with Gasteiger partial charge in [0, 0.05) is 24.7 Å². The molecule has 1 fully saturated rings. The number of fused-ring (bicyclic) bond motifs is 1. The van der Waals surface area contributed by atoms with E-state index in [0.717, 1.165) is 48.1 Å². The first-order valence-corrected chi connectivity index (χ1v) is 11.9. The lowest BCUT2D eigenvalue weighted by Gasteiger charge is -2.29. The molecule has 1 aliphatic heterocycles. The highest BCUT2D eigenvalue weighted by atomic mass is 32.2. The van der Waals surface area contributed by atoms with Crippen molar-refractivity contribution in [3.63, 3.8) is 0 Å².